The summed E-state index contributed by atoms with van der Waals surface area (Å²) in [6.07, 6.45) is 0. The predicted molar refractivity (Wildman–Crippen MR) is 80.7 cm³/mol. The topological polar surface area (TPSA) is 98.5 Å². The highest BCUT2D eigenvalue weighted by molar-refractivity contribution is 6.10. The van der Waals surface area contributed by atoms with E-state index in [1.807, 2.05) is 0 Å². The van der Waals surface area contributed by atoms with Gasteiger partial charge in [-0.15, -0.1) is 0 Å². The molecule has 22 heavy (non-hydrogen) atoms. The zero-order valence-corrected chi connectivity index (χ0v) is 11.8. The molecule has 2 rings (SSSR count). The molecule has 6 heteroatoms. The second-order valence-electron chi connectivity index (χ2n) is 4.45. The van der Waals surface area contributed by atoms with Crippen molar-refractivity contribution in [1.82, 2.24) is 0 Å². The average molecular weight is 298 g/mol. The molecule has 3 N–H and O–H groups in total. The van der Waals surface area contributed by atoms with E-state index in [1.54, 1.807) is 30.3 Å². The summed E-state index contributed by atoms with van der Waals surface area (Å²) in [6.45, 7) is 1.25. The Hall–Kier alpha value is -3.15. The van der Waals surface area contributed by atoms with Gasteiger partial charge in [-0.3, -0.25) is 14.4 Å². The second kappa shape index (κ2) is 6.53. The van der Waals surface area contributed by atoms with Crippen LogP contribution in [0.2, 0.25) is 0 Å². The fourth-order valence-corrected chi connectivity index (χ4v) is 1.89. The number of hydrogen-bond acceptors (Lipinski definition) is 4. The maximum atomic E-state index is 12.3. The van der Waals surface area contributed by atoms with Crippen LogP contribution in [0.5, 0.6) is 5.75 Å². The van der Waals surface area contributed by atoms with Crippen LogP contribution in [0.4, 0.5) is 5.69 Å². The number of hydrogen-bond donors (Lipinski definition) is 2. The number of esters is 1. The van der Waals surface area contributed by atoms with E-state index < -0.39 is 17.8 Å². The van der Waals surface area contributed by atoms with Gasteiger partial charge in [0.25, 0.3) is 11.8 Å². The number of carbonyl (C=O) groups is 3. The maximum Gasteiger partial charge on any atom is 0.308 e. The van der Waals surface area contributed by atoms with Crippen molar-refractivity contribution in [2.45, 2.75) is 6.92 Å². The fraction of sp³-hybridized carbons (Fsp3) is 0.0625. The molecule has 0 heterocycles. The molecular weight excluding hydrogens is 284 g/mol. The van der Waals surface area contributed by atoms with E-state index in [4.69, 9.17) is 10.5 Å². The van der Waals surface area contributed by atoms with Crippen molar-refractivity contribution in [2.24, 2.45) is 5.73 Å². The van der Waals surface area contributed by atoms with E-state index in [0.29, 0.717) is 0 Å². The monoisotopic (exact) mass is 298 g/mol. The molecule has 0 aliphatic heterocycles. The molecule has 112 valence electrons. The Balaban J connectivity index is 2.31. The first-order chi connectivity index (χ1) is 10.5. The number of rotatable bonds is 4. The summed E-state index contributed by atoms with van der Waals surface area (Å²) in [6, 6.07) is 12.7. The lowest BCUT2D eigenvalue weighted by Gasteiger charge is -2.11. The number of para-hydroxylation sites is 2. The van der Waals surface area contributed by atoms with Crippen molar-refractivity contribution >= 4 is 23.5 Å². The number of nitrogens with two attached hydrogens (primary N) is 1. The van der Waals surface area contributed by atoms with Crippen molar-refractivity contribution in [1.29, 1.82) is 0 Å². The first kappa shape index (κ1) is 15.2. The van der Waals surface area contributed by atoms with E-state index in [2.05, 4.69) is 5.32 Å². The van der Waals surface area contributed by atoms with E-state index in [-0.39, 0.29) is 22.6 Å². The number of anilines is 1. The number of amides is 2. The van der Waals surface area contributed by atoms with Crippen LogP contribution in [0.15, 0.2) is 48.5 Å². The molecule has 0 aliphatic rings. The summed E-state index contributed by atoms with van der Waals surface area (Å²) < 4.78 is 4.99. The quantitative estimate of drug-likeness (QED) is 0.666. The van der Waals surface area contributed by atoms with Crippen molar-refractivity contribution in [2.75, 3.05) is 5.32 Å². The first-order valence-corrected chi connectivity index (χ1v) is 6.46. The van der Waals surface area contributed by atoms with Crippen LogP contribution in [0, 0.1) is 0 Å². The summed E-state index contributed by atoms with van der Waals surface area (Å²) in [5.41, 5.74) is 5.93. The SMILES string of the molecule is CC(=O)Oc1ccccc1C(=O)Nc1ccccc1C(N)=O. The minimum Gasteiger partial charge on any atom is -0.426 e. The van der Waals surface area contributed by atoms with Gasteiger partial charge in [0, 0.05) is 6.92 Å². The standard InChI is InChI=1S/C16H14N2O4/c1-10(19)22-14-9-5-3-7-12(14)16(21)18-13-8-4-2-6-11(13)15(17)20/h2-9H,1H3,(H2,17,20)(H,18,21). The van der Waals surface area contributed by atoms with Gasteiger partial charge < -0.3 is 15.8 Å². The molecule has 0 fully saturated rings. The first-order valence-electron chi connectivity index (χ1n) is 6.46. The van der Waals surface area contributed by atoms with Gasteiger partial charge in [-0.2, -0.15) is 0 Å². The van der Waals surface area contributed by atoms with E-state index in [1.165, 1.54) is 25.1 Å². The predicted octanol–water partition coefficient (Wildman–Crippen LogP) is 1.96. The third-order valence-electron chi connectivity index (χ3n) is 2.83. The molecule has 0 saturated carbocycles. The smallest absolute Gasteiger partial charge is 0.308 e. The van der Waals surface area contributed by atoms with Gasteiger partial charge in [-0.1, -0.05) is 24.3 Å². The molecule has 0 radical (unpaired) electrons. The van der Waals surface area contributed by atoms with E-state index in [0.717, 1.165) is 0 Å². The highest BCUT2D eigenvalue weighted by Gasteiger charge is 2.16. The van der Waals surface area contributed by atoms with Gasteiger partial charge in [-0.05, 0) is 24.3 Å². The van der Waals surface area contributed by atoms with Crippen LogP contribution in [0.1, 0.15) is 27.6 Å². The zero-order valence-electron chi connectivity index (χ0n) is 11.8. The number of ether oxygens (including phenoxy) is 1. The molecule has 0 bridgehead atoms. The molecule has 2 amide bonds. The third kappa shape index (κ3) is 3.49. The highest BCUT2D eigenvalue weighted by atomic mass is 16.5. The van der Waals surface area contributed by atoms with Gasteiger partial charge in [0.1, 0.15) is 5.75 Å². The normalized spacial score (nSPS) is 9.86. The molecule has 0 spiro atoms. The van der Waals surface area contributed by atoms with Crippen LogP contribution < -0.4 is 15.8 Å². The van der Waals surface area contributed by atoms with Gasteiger partial charge >= 0.3 is 5.97 Å². The Morgan fingerprint density at radius 3 is 2.18 bits per heavy atom. The lowest BCUT2D eigenvalue weighted by Crippen LogP contribution is -2.19. The molecule has 6 nitrogen and oxygen atoms in total. The summed E-state index contributed by atoms with van der Waals surface area (Å²) in [4.78, 5) is 34.8. The van der Waals surface area contributed by atoms with Gasteiger partial charge in [-0.25, -0.2) is 0 Å². The highest BCUT2D eigenvalue weighted by Crippen LogP contribution is 2.21. The van der Waals surface area contributed by atoms with Crippen LogP contribution in [-0.2, 0) is 4.79 Å². The molecule has 0 saturated heterocycles. The van der Waals surface area contributed by atoms with Crippen LogP contribution in [0.25, 0.3) is 0 Å². The summed E-state index contributed by atoms with van der Waals surface area (Å²) in [5.74, 6) is -1.54. The average Bonchev–Trinajstić information content (AvgIpc) is 2.47. The van der Waals surface area contributed by atoms with Crippen molar-refractivity contribution < 1.29 is 19.1 Å². The van der Waals surface area contributed by atoms with Gasteiger partial charge in [0.2, 0.25) is 0 Å². The van der Waals surface area contributed by atoms with Crippen LogP contribution in [0.3, 0.4) is 0 Å². The lowest BCUT2D eigenvalue weighted by atomic mass is 10.1. The number of benzene rings is 2. The van der Waals surface area contributed by atoms with E-state index in [9.17, 15) is 14.4 Å². The molecule has 0 atom stereocenters. The van der Waals surface area contributed by atoms with Crippen molar-refractivity contribution in [3.05, 3.63) is 59.7 Å². The number of carbonyl (C=O) groups excluding carboxylic acids is 3. The maximum absolute atomic E-state index is 12.3. The molecule has 0 aromatic heterocycles. The molecule has 0 unspecified atom stereocenters. The van der Waals surface area contributed by atoms with Gasteiger partial charge in [0.15, 0.2) is 0 Å². The molecular formula is C16H14N2O4. The summed E-state index contributed by atoms with van der Waals surface area (Å²) in [5, 5.41) is 2.59. The minimum absolute atomic E-state index is 0.143. The Labute approximate surface area is 126 Å². The molecule has 2 aromatic carbocycles. The zero-order chi connectivity index (χ0) is 16.1. The summed E-state index contributed by atoms with van der Waals surface area (Å²) in [7, 11) is 0. The molecule has 2 aromatic rings. The largest absolute Gasteiger partial charge is 0.426 e. The fourth-order valence-electron chi connectivity index (χ4n) is 1.89. The Morgan fingerprint density at radius 2 is 1.55 bits per heavy atom. The third-order valence-corrected chi connectivity index (χ3v) is 2.83. The number of primary amides is 1. The Kier molecular flexibility index (Phi) is 4.53. The van der Waals surface area contributed by atoms with Crippen molar-refractivity contribution in [3.8, 4) is 5.75 Å². The molecule has 0 aliphatic carbocycles. The lowest BCUT2D eigenvalue weighted by molar-refractivity contribution is -0.131. The van der Waals surface area contributed by atoms with Crippen molar-refractivity contribution in [3.63, 3.8) is 0 Å². The summed E-state index contributed by atoms with van der Waals surface area (Å²) >= 11 is 0. The Morgan fingerprint density at radius 1 is 0.955 bits per heavy atom. The van der Waals surface area contributed by atoms with Crippen LogP contribution in [-0.4, -0.2) is 17.8 Å². The second-order valence-corrected chi connectivity index (χ2v) is 4.45. The Bertz CT molecular complexity index is 740. The van der Waals surface area contributed by atoms with E-state index >= 15 is 0 Å². The number of nitrogens with one attached hydrogen (secondary N) is 1. The van der Waals surface area contributed by atoms with Crippen LogP contribution >= 0.6 is 0 Å². The minimum atomic E-state index is -0.649. The van der Waals surface area contributed by atoms with Gasteiger partial charge in [0.05, 0.1) is 16.8 Å².